The Bertz CT molecular complexity index is 775. The molecule has 0 amide bonds. The second-order valence-electron chi connectivity index (χ2n) is 4.99. The first kappa shape index (κ1) is 17.5. The minimum atomic E-state index is -4.66. The number of nitrogens with two attached hydrogens (primary N) is 1. The van der Waals surface area contributed by atoms with Crippen LogP contribution in [0.25, 0.3) is 0 Å². The Labute approximate surface area is 134 Å². The Balaban J connectivity index is 2.29. The number of anilines is 1. The molecular weight excluding hydrogens is 328 g/mol. The van der Waals surface area contributed by atoms with E-state index in [0.717, 1.165) is 12.1 Å². The Kier molecular flexibility index (Phi) is 4.91. The number of hydrogen-bond donors (Lipinski definition) is 3. The number of amidine groups is 1. The van der Waals surface area contributed by atoms with Gasteiger partial charge in [0.2, 0.25) is 0 Å². The summed E-state index contributed by atoms with van der Waals surface area (Å²) in [6.45, 7) is 1.45. The molecule has 2 aromatic rings. The molecule has 0 radical (unpaired) electrons. The van der Waals surface area contributed by atoms with E-state index in [9.17, 15) is 17.6 Å². The standard InChI is InChI=1S/C15H14F4N4O/c1-8-13(4-10(7-21-8)14(20)23-24)22-6-9-2-3-11(16)5-12(9)15(17,18)19/h2-5,7,22,24H,6H2,1H3,(H2,20,23). The third-order valence-corrected chi connectivity index (χ3v) is 3.34. The highest BCUT2D eigenvalue weighted by Crippen LogP contribution is 2.33. The van der Waals surface area contributed by atoms with Gasteiger partial charge in [0.1, 0.15) is 5.82 Å². The molecule has 0 fully saturated rings. The SMILES string of the molecule is Cc1ncc(/C(N)=N/O)cc1NCc1ccc(F)cc1C(F)(F)F. The summed E-state index contributed by atoms with van der Waals surface area (Å²) >= 11 is 0. The lowest BCUT2D eigenvalue weighted by Crippen LogP contribution is -2.15. The van der Waals surface area contributed by atoms with Gasteiger partial charge >= 0.3 is 6.18 Å². The van der Waals surface area contributed by atoms with E-state index in [1.54, 1.807) is 6.92 Å². The molecule has 0 unspecified atom stereocenters. The summed E-state index contributed by atoms with van der Waals surface area (Å²) in [6.07, 6.45) is -3.29. The van der Waals surface area contributed by atoms with Crippen molar-refractivity contribution in [1.29, 1.82) is 0 Å². The van der Waals surface area contributed by atoms with Gasteiger partial charge in [-0.25, -0.2) is 4.39 Å². The number of aromatic nitrogens is 1. The number of nitrogens with zero attached hydrogens (tertiary/aromatic N) is 2. The summed E-state index contributed by atoms with van der Waals surface area (Å²) in [6, 6.07) is 3.98. The lowest BCUT2D eigenvalue weighted by atomic mass is 10.1. The fourth-order valence-corrected chi connectivity index (χ4v) is 2.07. The first-order valence-electron chi connectivity index (χ1n) is 6.76. The number of aryl methyl sites for hydroxylation is 1. The summed E-state index contributed by atoms with van der Waals surface area (Å²) in [4.78, 5) is 4.03. The molecule has 0 aliphatic rings. The average molecular weight is 342 g/mol. The predicted octanol–water partition coefficient (Wildman–Crippen LogP) is 3.25. The van der Waals surface area contributed by atoms with Crippen LogP contribution in [0.2, 0.25) is 0 Å². The molecule has 2 rings (SSSR count). The summed E-state index contributed by atoms with van der Waals surface area (Å²) in [5.74, 6) is -1.14. The summed E-state index contributed by atoms with van der Waals surface area (Å²) in [7, 11) is 0. The zero-order valence-corrected chi connectivity index (χ0v) is 12.5. The van der Waals surface area contributed by atoms with Gasteiger partial charge in [-0.05, 0) is 30.7 Å². The third-order valence-electron chi connectivity index (χ3n) is 3.34. The predicted molar refractivity (Wildman–Crippen MR) is 80.2 cm³/mol. The fourth-order valence-electron chi connectivity index (χ4n) is 2.07. The second-order valence-corrected chi connectivity index (χ2v) is 4.99. The number of benzene rings is 1. The first-order valence-corrected chi connectivity index (χ1v) is 6.76. The molecule has 24 heavy (non-hydrogen) atoms. The molecule has 1 aromatic heterocycles. The molecular formula is C15H14F4N4O. The van der Waals surface area contributed by atoms with E-state index in [2.05, 4.69) is 15.5 Å². The minimum Gasteiger partial charge on any atom is -0.409 e. The van der Waals surface area contributed by atoms with Crippen molar-refractivity contribution in [1.82, 2.24) is 4.98 Å². The van der Waals surface area contributed by atoms with Gasteiger partial charge in [-0.3, -0.25) is 4.98 Å². The van der Waals surface area contributed by atoms with Crippen LogP contribution in [0.15, 0.2) is 35.6 Å². The van der Waals surface area contributed by atoms with Crippen LogP contribution < -0.4 is 11.1 Å². The number of pyridine rings is 1. The lowest BCUT2D eigenvalue weighted by Gasteiger charge is -2.15. The summed E-state index contributed by atoms with van der Waals surface area (Å²) in [5, 5.41) is 14.3. The van der Waals surface area contributed by atoms with Crippen molar-refractivity contribution in [2.75, 3.05) is 5.32 Å². The van der Waals surface area contributed by atoms with Crippen LogP contribution >= 0.6 is 0 Å². The number of halogens is 4. The van der Waals surface area contributed by atoms with Crippen molar-refractivity contribution in [3.63, 3.8) is 0 Å². The van der Waals surface area contributed by atoms with Gasteiger partial charge in [-0.1, -0.05) is 11.2 Å². The number of nitrogens with one attached hydrogen (secondary N) is 1. The van der Waals surface area contributed by atoms with Crippen molar-refractivity contribution < 1.29 is 22.8 Å². The monoisotopic (exact) mass is 342 g/mol. The number of hydrogen-bond acceptors (Lipinski definition) is 4. The van der Waals surface area contributed by atoms with Crippen LogP contribution in [-0.4, -0.2) is 16.0 Å². The Hall–Kier alpha value is -2.84. The van der Waals surface area contributed by atoms with Crippen LogP contribution in [0.4, 0.5) is 23.2 Å². The Morgan fingerprint density at radius 2 is 2.04 bits per heavy atom. The van der Waals surface area contributed by atoms with Crippen LogP contribution in [0.3, 0.4) is 0 Å². The average Bonchev–Trinajstić information content (AvgIpc) is 2.53. The molecule has 128 valence electrons. The quantitative estimate of drug-likeness (QED) is 0.262. The highest BCUT2D eigenvalue weighted by atomic mass is 19.4. The highest BCUT2D eigenvalue weighted by molar-refractivity contribution is 5.97. The number of alkyl halides is 3. The molecule has 1 aromatic carbocycles. The van der Waals surface area contributed by atoms with Gasteiger partial charge in [0, 0.05) is 18.3 Å². The smallest absolute Gasteiger partial charge is 0.409 e. The van der Waals surface area contributed by atoms with Gasteiger partial charge in [-0.2, -0.15) is 13.2 Å². The van der Waals surface area contributed by atoms with Gasteiger partial charge < -0.3 is 16.3 Å². The van der Waals surface area contributed by atoms with Crippen molar-refractivity contribution >= 4 is 11.5 Å². The maximum atomic E-state index is 13.1. The second kappa shape index (κ2) is 6.73. The first-order chi connectivity index (χ1) is 11.2. The molecule has 0 bridgehead atoms. The summed E-state index contributed by atoms with van der Waals surface area (Å²) in [5.41, 5.74) is 5.53. The third kappa shape index (κ3) is 3.92. The molecule has 0 aliphatic heterocycles. The number of oxime groups is 1. The number of rotatable bonds is 4. The highest BCUT2D eigenvalue weighted by Gasteiger charge is 2.33. The topological polar surface area (TPSA) is 83.5 Å². The Morgan fingerprint density at radius 1 is 1.33 bits per heavy atom. The molecule has 0 saturated heterocycles. The van der Waals surface area contributed by atoms with Crippen LogP contribution in [-0.2, 0) is 12.7 Å². The van der Waals surface area contributed by atoms with E-state index in [-0.39, 0.29) is 17.9 Å². The van der Waals surface area contributed by atoms with E-state index < -0.39 is 17.6 Å². The maximum absolute atomic E-state index is 13.1. The van der Waals surface area contributed by atoms with Gasteiger partial charge in [0.15, 0.2) is 5.84 Å². The van der Waals surface area contributed by atoms with Crippen LogP contribution in [0, 0.1) is 12.7 Å². The van der Waals surface area contributed by atoms with Crippen molar-refractivity contribution in [3.05, 3.63) is 58.7 Å². The molecule has 0 aliphatic carbocycles. The largest absolute Gasteiger partial charge is 0.416 e. The van der Waals surface area contributed by atoms with Crippen LogP contribution in [0.5, 0.6) is 0 Å². The van der Waals surface area contributed by atoms with Crippen molar-refractivity contribution in [2.24, 2.45) is 10.9 Å². The van der Waals surface area contributed by atoms with E-state index >= 15 is 0 Å². The van der Waals surface area contributed by atoms with E-state index in [4.69, 9.17) is 10.9 Å². The molecule has 4 N–H and O–H groups in total. The Morgan fingerprint density at radius 3 is 2.67 bits per heavy atom. The maximum Gasteiger partial charge on any atom is 0.416 e. The van der Waals surface area contributed by atoms with Gasteiger partial charge in [-0.15, -0.1) is 0 Å². The van der Waals surface area contributed by atoms with Crippen molar-refractivity contribution in [2.45, 2.75) is 19.6 Å². The normalized spacial score (nSPS) is 12.3. The minimum absolute atomic E-state index is 0.113. The van der Waals surface area contributed by atoms with E-state index in [1.165, 1.54) is 12.3 Å². The fraction of sp³-hybridized carbons (Fsp3) is 0.200. The van der Waals surface area contributed by atoms with E-state index in [0.29, 0.717) is 23.0 Å². The van der Waals surface area contributed by atoms with Crippen molar-refractivity contribution in [3.8, 4) is 0 Å². The molecule has 5 nitrogen and oxygen atoms in total. The lowest BCUT2D eigenvalue weighted by molar-refractivity contribution is -0.138. The van der Waals surface area contributed by atoms with E-state index in [1.807, 2.05) is 0 Å². The summed E-state index contributed by atoms with van der Waals surface area (Å²) < 4.78 is 52.1. The molecule has 9 heteroatoms. The van der Waals surface area contributed by atoms with Crippen LogP contribution in [0.1, 0.15) is 22.4 Å². The molecule has 0 atom stereocenters. The zero-order chi connectivity index (χ0) is 17.9. The molecule has 1 heterocycles. The van der Waals surface area contributed by atoms with Gasteiger partial charge in [0.25, 0.3) is 0 Å². The molecule has 0 saturated carbocycles. The van der Waals surface area contributed by atoms with Gasteiger partial charge in [0.05, 0.1) is 16.9 Å². The zero-order valence-electron chi connectivity index (χ0n) is 12.5. The molecule has 0 spiro atoms.